The number of ether oxygens (including phenoxy) is 1. The first-order valence-electron chi connectivity index (χ1n) is 12.1. The lowest BCUT2D eigenvalue weighted by Gasteiger charge is -2.56. The van der Waals surface area contributed by atoms with E-state index in [9.17, 15) is 9.59 Å². The van der Waals surface area contributed by atoms with Crippen LogP contribution in [0.25, 0.3) is 0 Å². The first-order chi connectivity index (χ1) is 15.1. The number of nitrogens with one attached hydrogen (secondary N) is 2. The van der Waals surface area contributed by atoms with E-state index in [0.29, 0.717) is 23.8 Å². The number of hydrogen-bond acceptors (Lipinski definition) is 5. The van der Waals surface area contributed by atoms with Crippen molar-refractivity contribution in [2.24, 2.45) is 23.7 Å². The van der Waals surface area contributed by atoms with Gasteiger partial charge in [0.2, 0.25) is 5.91 Å². The Kier molecular flexibility index (Phi) is 6.38. The second-order valence-electron chi connectivity index (χ2n) is 11.4. The van der Waals surface area contributed by atoms with E-state index in [-0.39, 0.29) is 18.4 Å². The molecule has 2 N–H and O–H groups in total. The Morgan fingerprint density at radius 2 is 1.97 bits per heavy atom. The Bertz CT molecular complexity index is 834. The Morgan fingerprint density at radius 1 is 1.25 bits per heavy atom. The molecule has 4 fully saturated rings. The van der Waals surface area contributed by atoms with Crippen LogP contribution in [0.4, 0.5) is 0 Å². The minimum atomic E-state index is -0.645. The van der Waals surface area contributed by atoms with Crippen molar-refractivity contribution in [3.63, 3.8) is 0 Å². The standard InChI is InChI=1S/C26H39N3O3/c1-17(2)15-29-16-19-12-26(24(31)27-14-22(30)32-25(3,4)5)21(23(29)20(19)13-28-26)11-18-9-7-6-8-10-18/h6-10,17,19-21,23,28H,11-16H2,1-5H3,(H,27,31)/t19-,20-,21+,23+,26+/m1/s1. The minimum Gasteiger partial charge on any atom is -0.459 e. The van der Waals surface area contributed by atoms with Crippen molar-refractivity contribution in [1.29, 1.82) is 0 Å². The van der Waals surface area contributed by atoms with Crippen molar-refractivity contribution < 1.29 is 14.3 Å². The molecule has 3 aliphatic heterocycles. The van der Waals surface area contributed by atoms with Crippen molar-refractivity contribution in [3.8, 4) is 0 Å². The highest BCUT2D eigenvalue weighted by Gasteiger charge is 2.64. The Morgan fingerprint density at radius 3 is 2.62 bits per heavy atom. The molecule has 1 aromatic carbocycles. The zero-order valence-corrected chi connectivity index (χ0v) is 20.2. The molecule has 176 valence electrons. The summed E-state index contributed by atoms with van der Waals surface area (Å²) >= 11 is 0. The summed E-state index contributed by atoms with van der Waals surface area (Å²) in [5.74, 6) is 1.43. The number of carbonyl (C=O) groups is 2. The van der Waals surface area contributed by atoms with Gasteiger partial charge in [0.25, 0.3) is 0 Å². The van der Waals surface area contributed by atoms with E-state index in [2.05, 4.69) is 53.6 Å². The average molecular weight is 442 g/mol. The molecular weight excluding hydrogens is 402 g/mol. The molecule has 6 nitrogen and oxygen atoms in total. The molecule has 4 aliphatic rings. The van der Waals surface area contributed by atoms with Crippen molar-refractivity contribution in [3.05, 3.63) is 35.9 Å². The fourth-order valence-corrected chi connectivity index (χ4v) is 6.38. The van der Waals surface area contributed by atoms with Crippen LogP contribution in [0.1, 0.15) is 46.6 Å². The van der Waals surface area contributed by atoms with E-state index in [1.165, 1.54) is 5.56 Å². The maximum atomic E-state index is 13.7. The van der Waals surface area contributed by atoms with Crippen LogP contribution in [0, 0.1) is 23.7 Å². The van der Waals surface area contributed by atoms with Gasteiger partial charge in [-0.2, -0.15) is 0 Å². The predicted octanol–water partition coefficient (Wildman–Crippen LogP) is 2.62. The van der Waals surface area contributed by atoms with Crippen molar-refractivity contribution in [1.82, 2.24) is 15.5 Å². The quantitative estimate of drug-likeness (QED) is 0.637. The van der Waals surface area contributed by atoms with Gasteiger partial charge in [0.05, 0.1) is 0 Å². The number of nitrogens with zero attached hydrogens (tertiary/aromatic N) is 1. The third-order valence-corrected chi connectivity index (χ3v) is 7.33. The molecule has 1 aromatic rings. The summed E-state index contributed by atoms with van der Waals surface area (Å²) < 4.78 is 5.41. The van der Waals surface area contributed by atoms with Crippen LogP contribution in [-0.2, 0) is 20.7 Å². The number of benzene rings is 1. The van der Waals surface area contributed by atoms with Gasteiger partial charge in [0.15, 0.2) is 0 Å². The monoisotopic (exact) mass is 441 g/mol. The molecule has 6 heteroatoms. The lowest BCUT2D eigenvalue weighted by atomic mass is 9.58. The summed E-state index contributed by atoms with van der Waals surface area (Å²) in [7, 11) is 0. The van der Waals surface area contributed by atoms with E-state index >= 15 is 0 Å². The molecule has 0 spiro atoms. The van der Waals surface area contributed by atoms with Gasteiger partial charge in [-0.15, -0.1) is 0 Å². The molecule has 1 amide bonds. The number of fused-ring (bicyclic) bond motifs is 1. The van der Waals surface area contributed by atoms with Crippen LogP contribution in [0.2, 0.25) is 0 Å². The van der Waals surface area contributed by atoms with Crippen LogP contribution >= 0.6 is 0 Å². The van der Waals surface area contributed by atoms with Gasteiger partial charge in [-0.05, 0) is 56.9 Å². The molecule has 1 saturated carbocycles. The Balaban J connectivity index is 1.58. The highest BCUT2D eigenvalue weighted by Crippen LogP contribution is 2.52. The maximum absolute atomic E-state index is 13.7. The molecule has 5 atom stereocenters. The average Bonchev–Trinajstić information content (AvgIpc) is 3.00. The minimum absolute atomic E-state index is 0.0520. The van der Waals surface area contributed by atoms with Crippen LogP contribution in [-0.4, -0.2) is 60.1 Å². The summed E-state index contributed by atoms with van der Waals surface area (Å²) in [6.07, 6.45) is 1.69. The lowest BCUT2D eigenvalue weighted by Crippen LogP contribution is -2.74. The fourth-order valence-electron chi connectivity index (χ4n) is 6.38. The van der Waals surface area contributed by atoms with E-state index < -0.39 is 17.1 Å². The summed E-state index contributed by atoms with van der Waals surface area (Å²) in [5.41, 5.74) is 0.0559. The topological polar surface area (TPSA) is 70.7 Å². The zero-order valence-electron chi connectivity index (χ0n) is 20.2. The fraction of sp³-hybridized carbons (Fsp3) is 0.692. The molecule has 3 saturated heterocycles. The largest absolute Gasteiger partial charge is 0.459 e. The highest BCUT2D eigenvalue weighted by atomic mass is 16.6. The molecule has 0 radical (unpaired) electrons. The van der Waals surface area contributed by atoms with Gasteiger partial charge >= 0.3 is 5.97 Å². The maximum Gasteiger partial charge on any atom is 0.325 e. The van der Waals surface area contributed by atoms with Crippen LogP contribution in [0.5, 0.6) is 0 Å². The second-order valence-corrected chi connectivity index (χ2v) is 11.4. The molecule has 0 unspecified atom stereocenters. The van der Waals surface area contributed by atoms with Gasteiger partial charge in [0.1, 0.15) is 17.7 Å². The Hall–Kier alpha value is -1.92. The number of hydrogen-bond donors (Lipinski definition) is 2. The van der Waals surface area contributed by atoms with Gasteiger partial charge in [-0.3, -0.25) is 14.5 Å². The number of rotatable bonds is 7. The van der Waals surface area contributed by atoms with Gasteiger partial charge in [0, 0.05) is 31.6 Å². The SMILES string of the molecule is CC(C)CN1C[C@H]2C[C@]3(C(=O)NCC(=O)OC(C)(C)C)NC[C@H]2[C@H]1[C@@H]3Cc1ccccc1. The summed E-state index contributed by atoms with van der Waals surface area (Å²) in [5, 5.41) is 6.59. The second kappa shape index (κ2) is 8.79. The smallest absolute Gasteiger partial charge is 0.325 e. The van der Waals surface area contributed by atoms with Crippen molar-refractivity contribution >= 4 is 11.9 Å². The molecule has 1 aliphatic carbocycles. The molecule has 4 bridgehead atoms. The predicted molar refractivity (Wildman–Crippen MR) is 125 cm³/mol. The normalized spacial score (nSPS) is 31.7. The number of piperidine rings is 2. The number of likely N-dealkylation sites (tertiary alicyclic amines) is 1. The van der Waals surface area contributed by atoms with E-state index in [4.69, 9.17) is 4.74 Å². The highest BCUT2D eigenvalue weighted by molar-refractivity contribution is 5.90. The van der Waals surface area contributed by atoms with E-state index in [0.717, 1.165) is 32.5 Å². The molecule has 3 heterocycles. The van der Waals surface area contributed by atoms with Crippen molar-refractivity contribution in [2.45, 2.75) is 64.6 Å². The third kappa shape index (κ3) is 4.58. The first-order valence-corrected chi connectivity index (χ1v) is 12.1. The van der Waals surface area contributed by atoms with Crippen LogP contribution in [0.3, 0.4) is 0 Å². The number of carbonyl (C=O) groups excluding carboxylic acids is 2. The lowest BCUT2D eigenvalue weighted by molar-refractivity contribution is -0.155. The molecule has 32 heavy (non-hydrogen) atoms. The third-order valence-electron chi connectivity index (χ3n) is 7.33. The van der Waals surface area contributed by atoms with Crippen LogP contribution < -0.4 is 10.6 Å². The molecule has 0 aromatic heterocycles. The summed E-state index contributed by atoms with van der Waals surface area (Å²) in [6.45, 7) is 13.0. The number of esters is 1. The summed E-state index contributed by atoms with van der Waals surface area (Å²) in [6, 6.07) is 10.9. The van der Waals surface area contributed by atoms with Gasteiger partial charge in [-0.1, -0.05) is 44.2 Å². The van der Waals surface area contributed by atoms with E-state index in [1.54, 1.807) is 0 Å². The first kappa shape index (κ1) is 23.2. The Labute approximate surface area is 192 Å². The van der Waals surface area contributed by atoms with Gasteiger partial charge in [-0.25, -0.2) is 0 Å². The summed E-state index contributed by atoms with van der Waals surface area (Å²) in [4.78, 5) is 28.6. The zero-order chi connectivity index (χ0) is 23.1. The number of amides is 1. The van der Waals surface area contributed by atoms with Crippen LogP contribution in [0.15, 0.2) is 30.3 Å². The molecule has 5 rings (SSSR count). The molecular formula is C26H39N3O3. The van der Waals surface area contributed by atoms with Gasteiger partial charge < -0.3 is 15.4 Å². The van der Waals surface area contributed by atoms with E-state index in [1.807, 2.05) is 26.8 Å². The van der Waals surface area contributed by atoms with Crippen molar-refractivity contribution in [2.75, 3.05) is 26.2 Å².